The van der Waals surface area contributed by atoms with E-state index in [1.54, 1.807) is 30.0 Å². The van der Waals surface area contributed by atoms with Crippen molar-refractivity contribution in [2.75, 3.05) is 23.4 Å². The lowest BCUT2D eigenvalue weighted by atomic mass is 10.2. The second-order valence-corrected chi connectivity index (χ2v) is 6.82. The van der Waals surface area contributed by atoms with Crippen molar-refractivity contribution in [3.63, 3.8) is 0 Å². The van der Waals surface area contributed by atoms with Gasteiger partial charge in [-0.1, -0.05) is 40.9 Å². The molecule has 0 saturated heterocycles. The normalized spacial score (nSPS) is 10.6. The van der Waals surface area contributed by atoms with Gasteiger partial charge in [0.2, 0.25) is 0 Å². The molecular formula is C15H14Cl3N3OS. The molecule has 0 bridgehead atoms. The maximum atomic E-state index is 12.1. The van der Waals surface area contributed by atoms with E-state index in [0.717, 1.165) is 28.4 Å². The van der Waals surface area contributed by atoms with Gasteiger partial charge in [0, 0.05) is 18.1 Å². The van der Waals surface area contributed by atoms with Crippen LogP contribution >= 0.6 is 46.6 Å². The number of halogens is 3. The fourth-order valence-electron chi connectivity index (χ4n) is 1.80. The number of benzene rings is 1. The molecule has 0 aliphatic heterocycles. The van der Waals surface area contributed by atoms with Crippen LogP contribution < -0.4 is 10.9 Å². The highest BCUT2D eigenvalue weighted by atomic mass is 35.5. The molecule has 0 unspecified atom stereocenters. The van der Waals surface area contributed by atoms with Crippen LogP contribution in [0.3, 0.4) is 0 Å². The van der Waals surface area contributed by atoms with E-state index in [0.29, 0.717) is 10.7 Å². The van der Waals surface area contributed by atoms with Crippen molar-refractivity contribution in [3.8, 4) is 5.69 Å². The second-order valence-electron chi connectivity index (χ2n) is 4.48. The summed E-state index contributed by atoms with van der Waals surface area (Å²) >= 11 is 19.7. The maximum Gasteiger partial charge on any atom is 0.291 e. The smallest absolute Gasteiger partial charge is 0.291 e. The molecular weight excluding hydrogens is 377 g/mol. The molecule has 1 heterocycles. The Labute approximate surface area is 153 Å². The minimum atomic E-state index is -0.489. The first kappa shape index (κ1) is 18.2. The van der Waals surface area contributed by atoms with Crippen LogP contribution in [0.4, 0.5) is 5.69 Å². The second kappa shape index (κ2) is 8.64. The summed E-state index contributed by atoms with van der Waals surface area (Å²) in [4.78, 5) is 12.1. The van der Waals surface area contributed by atoms with Crippen LogP contribution in [-0.4, -0.2) is 27.8 Å². The standard InChI is InChI=1S/C15H14Cl3N3OS/c1-2-6-23-7-5-19-13-4-3-10(8-11(13)16)21-15(22)14(18)12(17)9-20-21/h2-4,8-9,19H,1,5-7H2. The summed E-state index contributed by atoms with van der Waals surface area (Å²) in [7, 11) is 0. The summed E-state index contributed by atoms with van der Waals surface area (Å²) in [5.41, 5.74) is 0.824. The lowest BCUT2D eigenvalue weighted by Crippen LogP contribution is -2.21. The topological polar surface area (TPSA) is 46.9 Å². The summed E-state index contributed by atoms with van der Waals surface area (Å²) in [5, 5.41) is 7.76. The average Bonchev–Trinajstić information content (AvgIpc) is 2.54. The van der Waals surface area contributed by atoms with Gasteiger partial charge in [0.25, 0.3) is 5.56 Å². The summed E-state index contributed by atoms with van der Waals surface area (Å²) in [6, 6.07) is 5.19. The Balaban J connectivity index is 2.15. The van der Waals surface area contributed by atoms with Crippen LogP contribution in [0, 0.1) is 0 Å². The van der Waals surface area contributed by atoms with Gasteiger partial charge in [0.1, 0.15) is 5.02 Å². The van der Waals surface area contributed by atoms with Crippen LogP contribution in [0.2, 0.25) is 15.1 Å². The zero-order valence-electron chi connectivity index (χ0n) is 12.1. The highest BCUT2D eigenvalue weighted by molar-refractivity contribution is 7.99. The van der Waals surface area contributed by atoms with E-state index in [9.17, 15) is 4.79 Å². The predicted molar refractivity (Wildman–Crippen MR) is 101 cm³/mol. The Morgan fingerprint density at radius 3 is 2.78 bits per heavy atom. The minimum Gasteiger partial charge on any atom is -0.383 e. The van der Waals surface area contributed by atoms with Crippen LogP contribution in [0.25, 0.3) is 5.69 Å². The Hall–Kier alpha value is -1.14. The molecule has 1 aromatic carbocycles. The Bertz CT molecular complexity index is 764. The number of hydrogen-bond acceptors (Lipinski definition) is 4. The van der Waals surface area contributed by atoms with Crippen molar-refractivity contribution >= 4 is 52.3 Å². The van der Waals surface area contributed by atoms with Gasteiger partial charge < -0.3 is 5.32 Å². The number of hydrogen-bond donors (Lipinski definition) is 1. The van der Waals surface area contributed by atoms with Crippen LogP contribution in [0.1, 0.15) is 0 Å². The number of aromatic nitrogens is 2. The Kier molecular flexibility index (Phi) is 6.84. The molecule has 0 fully saturated rings. The predicted octanol–water partition coefficient (Wildman–Crippen LogP) is 4.52. The molecule has 122 valence electrons. The van der Waals surface area contributed by atoms with Gasteiger partial charge in [0.05, 0.1) is 27.6 Å². The van der Waals surface area contributed by atoms with E-state index in [4.69, 9.17) is 34.8 Å². The molecule has 2 rings (SSSR count). The molecule has 0 atom stereocenters. The van der Waals surface area contributed by atoms with Gasteiger partial charge in [-0.2, -0.15) is 21.5 Å². The fourth-order valence-corrected chi connectivity index (χ4v) is 2.87. The van der Waals surface area contributed by atoms with Crippen molar-refractivity contribution < 1.29 is 0 Å². The van der Waals surface area contributed by atoms with Gasteiger partial charge in [-0.05, 0) is 18.2 Å². The third-order valence-electron chi connectivity index (χ3n) is 2.87. The zero-order valence-corrected chi connectivity index (χ0v) is 15.1. The largest absolute Gasteiger partial charge is 0.383 e. The summed E-state index contributed by atoms with van der Waals surface area (Å²) in [5.74, 6) is 1.86. The molecule has 0 amide bonds. The van der Waals surface area contributed by atoms with Crippen molar-refractivity contribution in [2.45, 2.75) is 0 Å². The highest BCUT2D eigenvalue weighted by Gasteiger charge is 2.10. The van der Waals surface area contributed by atoms with E-state index < -0.39 is 5.56 Å². The number of rotatable bonds is 7. The van der Waals surface area contributed by atoms with Gasteiger partial charge in [-0.3, -0.25) is 4.79 Å². The van der Waals surface area contributed by atoms with Gasteiger partial charge in [0.15, 0.2) is 0 Å². The van der Waals surface area contributed by atoms with Crippen molar-refractivity contribution in [1.29, 1.82) is 0 Å². The first-order valence-corrected chi connectivity index (χ1v) is 8.99. The average molecular weight is 391 g/mol. The number of nitrogens with one attached hydrogen (secondary N) is 1. The SMILES string of the molecule is C=CCSCCNc1ccc(-n2ncc(Cl)c(Cl)c2=O)cc1Cl. The molecule has 4 nitrogen and oxygen atoms in total. The Morgan fingerprint density at radius 2 is 2.09 bits per heavy atom. The van der Waals surface area contributed by atoms with E-state index in [1.165, 1.54) is 6.20 Å². The summed E-state index contributed by atoms with van der Waals surface area (Å²) in [6.07, 6.45) is 3.19. The molecule has 8 heteroatoms. The van der Waals surface area contributed by atoms with E-state index in [-0.39, 0.29) is 10.0 Å². The molecule has 0 spiro atoms. The van der Waals surface area contributed by atoms with Crippen molar-refractivity contribution in [2.24, 2.45) is 0 Å². The van der Waals surface area contributed by atoms with Crippen molar-refractivity contribution in [3.05, 3.63) is 62.5 Å². The minimum absolute atomic E-state index is 0.0702. The molecule has 0 aliphatic rings. The van der Waals surface area contributed by atoms with E-state index in [2.05, 4.69) is 17.0 Å². The quantitative estimate of drug-likeness (QED) is 0.557. The molecule has 0 aliphatic carbocycles. The van der Waals surface area contributed by atoms with Gasteiger partial charge >= 0.3 is 0 Å². The maximum absolute atomic E-state index is 12.1. The number of anilines is 1. The summed E-state index contributed by atoms with van der Waals surface area (Å²) in [6.45, 7) is 4.45. The lowest BCUT2D eigenvalue weighted by molar-refractivity contribution is 0.807. The third kappa shape index (κ3) is 4.67. The van der Waals surface area contributed by atoms with Gasteiger partial charge in [-0.15, -0.1) is 6.58 Å². The molecule has 23 heavy (non-hydrogen) atoms. The van der Waals surface area contributed by atoms with Gasteiger partial charge in [-0.25, -0.2) is 0 Å². The molecule has 1 N–H and O–H groups in total. The fraction of sp³-hybridized carbons (Fsp3) is 0.200. The monoisotopic (exact) mass is 389 g/mol. The zero-order chi connectivity index (χ0) is 16.8. The third-order valence-corrected chi connectivity index (χ3v) is 4.90. The van der Waals surface area contributed by atoms with Crippen LogP contribution in [0.15, 0.2) is 41.8 Å². The lowest BCUT2D eigenvalue weighted by Gasteiger charge is -2.11. The van der Waals surface area contributed by atoms with E-state index >= 15 is 0 Å². The summed E-state index contributed by atoms with van der Waals surface area (Å²) < 4.78 is 1.16. The molecule has 2 aromatic rings. The molecule has 1 aromatic heterocycles. The van der Waals surface area contributed by atoms with Crippen LogP contribution in [-0.2, 0) is 0 Å². The highest BCUT2D eigenvalue weighted by Crippen LogP contribution is 2.25. The molecule has 0 radical (unpaired) electrons. The number of thioether (sulfide) groups is 1. The first-order valence-electron chi connectivity index (χ1n) is 6.70. The van der Waals surface area contributed by atoms with Crippen LogP contribution in [0.5, 0.6) is 0 Å². The van der Waals surface area contributed by atoms with E-state index in [1.807, 2.05) is 6.08 Å². The molecule has 0 saturated carbocycles. The number of nitrogens with zero attached hydrogens (tertiary/aromatic N) is 2. The van der Waals surface area contributed by atoms with Crippen molar-refractivity contribution in [1.82, 2.24) is 9.78 Å². The first-order chi connectivity index (χ1) is 11.0. The Morgan fingerprint density at radius 1 is 1.30 bits per heavy atom.